The van der Waals surface area contributed by atoms with E-state index in [0.717, 1.165) is 65.4 Å². The minimum atomic E-state index is -0.916. The summed E-state index contributed by atoms with van der Waals surface area (Å²) >= 11 is 14.6. The molecule has 3 heterocycles. The Kier molecular flexibility index (Phi) is 6.11. The van der Waals surface area contributed by atoms with Gasteiger partial charge in [-0.3, -0.25) is 0 Å². The summed E-state index contributed by atoms with van der Waals surface area (Å²) in [5, 5.41) is 15.7. The average molecular weight is 570 g/mol. The van der Waals surface area contributed by atoms with Gasteiger partial charge in [0.2, 0.25) is 0 Å². The SMILES string of the molecule is O=C(O)c1ccc2nc(N3CC4CC(OCc5c(-c6c(Cl)cccc6Cl)noc5C5CC5)CC4C3)sc2c1. The number of hydrogen-bond donors (Lipinski definition) is 1. The van der Waals surface area contributed by atoms with E-state index in [1.807, 2.05) is 18.2 Å². The molecule has 4 aromatic rings. The molecule has 2 aromatic heterocycles. The third-order valence-electron chi connectivity index (χ3n) is 8.03. The van der Waals surface area contributed by atoms with Crippen LogP contribution in [0.5, 0.6) is 0 Å². The standard InChI is InChI=1S/C28H25Cl2N3O4S/c29-20-2-1-3-21(30)24(20)25-19(26(37-32-25)14-4-5-14)13-36-18-8-16-11-33(12-17(16)9-18)28-31-22-7-6-15(27(34)35)10-23(22)38-28/h1-3,6-7,10,14,16-18H,4-5,8-9,11-13H2,(H,34,35). The van der Waals surface area contributed by atoms with Crippen molar-refractivity contribution < 1.29 is 19.2 Å². The highest BCUT2D eigenvalue weighted by Gasteiger charge is 2.42. The van der Waals surface area contributed by atoms with Crippen LogP contribution in [-0.4, -0.2) is 40.4 Å². The van der Waals surface area contributed by atoms with Gasteiger partial charge in [-0.15, -0.1) is 0 Å². The molecule has 3 aliphatic rings. The van der Waals surface area contributed by atoms with E-state index in [9.17, 15) is 9.90 Å². The first-order valence-corrected chi connectivity index (χ1v) is 14.4. The Morgan fingerprint density at radius 3 is 2.55 bits per heavy atom. The fourth-order valence-corrected chi connectivity index (χ4v) is 7.57. The third-order valence-corrected chi connectivity index (χ3v) is 9.74. The largest absolute Gasteiger partial charge is 0.478 e. The molecule has 2 aromatic carbocycles. The zero-order valence-corrected chi connectivity index (χ0v) is 22.7. The number of carboxylic acids is 1. The normalized spacial score (nSPS) is 22.9. The molecular formula is C28H25Cl2N3O4S. The van der Waals surface area contributed by atoms with E-state index in [0.29, 0.717) is 51.2 Å². The molecule has 7 rings (SSSR count). The summed E-state index contributed by atoms with van der Waals surface area (Å²) in [5.41, 5.74) is 3.51. The van der Waals surface area contributed by atoms with Crippen molar-refractivity contribution in [1.29, 1.82) is 0 Å². The zero-order valence-electron chi connectivity index (χ0n) is 20.4. The maximum atomic E-state index is 11.3. The molecule has 1 N–H and O–H groups in total. The van der Waals surface area contributed by atoms with Gasteiger partial charge in [0.05, 0.1) is 38.5 Å². The van der Waals surface area contributed by atoms with E-state index < -0.39 is 5.97 Å². The Labute approximate surface area is 233 Å². The number of carboxylic acid groups (broad SMARTS) is 1. The van der Waals surface area contributed by atoms with E-state index in [1.165, 1.54) is 0 Å². The number of ether oxygens (including phenoxy) is 1. The highest BCUT2D eigenvalue weighted by atomic mass is 35.5. The second-order valence-electron chi connectivity index (χ2n) is 10.6. The molecular weight excluding hydrogens is 545 g/mol. The van der Waals surface area contributed by atoms with Crippen molar-refractivity contribution in [2.24, 2.45) is 11.8 Å². The van der Waals surface area contributed by atoms with Gasteiger partial charge in [-0.05, 0) is 67.9 Å². The van der Waals surface area contributed by atoms with E-state index in [1.54, 1.807) is 29.5 Å². The summed E-state index contributed by atoms with van der Waals surface area (Å²) in [7, 11) is 0. The number of carbonyl (C=O) groups is 1. The highest BCUT2D eigenvalue weighted by Crippen LogP contribution is 2.47. The number of halogens is 2. The Morgan fingerprint density at radius 2 is 1.87 bits per heavy atom. The van der Waals surface area contributed by atoms with Crippen LogP contribution in [0.3, 0.4) is 0 Å². The topological polar surface area (TPSA) is 88.7 Å². The van der Waals surface area contributed by atoms with Crippen molar-refractivity contribution in [2.45, 2.75) is 44.3 Å². The summed E-state index contributed by atoms with van der Waals surface area (Å²) < 4.78 is 13.2. The molecule has 0 radical (unpaired) electrons. The fraction of sp³-hybridized carbons (Fsp3) is 0.393. The molecule has 10 heteroatoms. The maximum Gasteiger partial charge on any atom is 0.335 e. The number of anilines is 1. The summed E-state index contributed by atoms with van der Waals surface area (Å²) in [6.07, 6.45) is 4.38. The molecule has 2 saturated carbocycles. The van der Waals surface area contributed by atoms with Crippen LogP contribution in [0, 0.1) is 11.8 Å². The Balaban J connectivity index is 1.03. The Bertz CT molecular complexity index is 1510. The second kappa shape index (κ2) is 9.52. The van der Waals surface area contributed by atoms with Crippen LogP contribution in [0.25, 0.3) is 21.5 Å². The van der Waals surface area contributed by atoms with Crippen LogP contribution in [0.2, 0.25) is 10.0 Å². The van der Waals surface area contributed by atoms with E-state index in [2.05, 4.69) is 10.1 Å². The number of benzene rings is 2. The number of hydrogen-bond acceptors (Lipinski definition) is 7. The average Bonchev–Trinajstić information content (AvgIpc) is 3.19. The lowest BCUT2D eigenvalue weighted by molar-refractivity contribution is 0.0403. The fourth-order valence-electron chi connectivity index (χ4n) is 5.97. The molecule has 38 heavy (non-hydrogen) atoms. The first kappa shape index (κ1) is 24.4. The Hall–Kier alpha value is -2.65. The van der Waals surface area contributed by atoms with E-state index in [-0.39, 0.29) is 6.10 Å². The monoisotopic (exact) mass is 569 g/mol. The predicted octanol–water partition coefficient (Wildman–Crippen LogP) is 7.27. The zero-order chi connectivity index (χ0) is 26.0. The van der Waals surface area contributed by atoms with Gasteiger partial charge in [0.1, 0.15) is 11.5 Å². The Morgan fingerprint density at radius 1 is 1.13 bits per heavy atom. The molecule has 7 nitrogen and oxygen atoms in total. The molecule has 2 atom stereocenters. The summed E-state index contributed by atoms with van der Waals surface area (Å²) in [6, 6.07) is 10.6. The minimum absolute atomic E-state index is 0.178. The molecule has 2 aliphatic carbocycles. The predicted molar refractivity (Wildman–Crippen MR) is 148 cm³/mol. The molecule has 1 saturated heterocycles. The van der Waals surface area contributed by atoms with Gasteiger partial charge in [0, 0.05) is 30.1 Å². The van der Waals surface area contributed by atoms with Gasteiger partial charge < -0.3 is 19.3 Å². The number of rotatable bonds is 7. The lowest BCUT2D eigenvalue weighted by Crippen LogP contribution is -2.23. The van der Waals surface area contributed by atoms with Gasteiger partial charge in [0.15, 0.2) is 5.13 Å². The molecule has 0 amide bonds. The smallest absolute Gasteiger partial charge is 0.335 e. The van der Waals surface area contributed by atoms with Gasteiger partial charge >= 0.3 is 5.97 Å². The minimum Gasteiger partial charge on any atom is -0.478 e. The number of fused-ring (bicyclic) bond motifs is 2. The summed E-state index contributed by atoms with van der Waals surface area (Å²) in [5.74, 6) is 1.48. The van der Waals surface area contributed by atoms with Crippen LogP contribution >= 0.6 is 34.5 Å². The number of aromatic nitrogens is 2. The maximum absolute atomic E-state index is 11.3. The second-order valence-corrected chi connectivity index (χ2v) is 12.4. The molecule has 0 bridgehead atoms. The van der Waals surface area contributed by atoms with Crippen LogP contribution in [0.4, 0.5) is 5.13 Å². The number of aromatic carboxylic acids is 1. The lowest BCUT2D eigenvalue weighted by atomic mass is 10.0. The van der Waals surface area contributed by atoms with Gasteiger partial charge in [-0.25, -0.2) is 9.78 Å². The van der Waals surface area contributed by atoms with Gasteiger partial charge in [-0.1, -0.05) is 45.8 Å². The summed E-state index contributed by atoms with van der Waals surface area (Å²) in [4.78, 5) is 18.4. The third kappa shape index (κ3) is 4.37. The van der Waals surface area contributed by atoms with Crippen molar-refractivity contribution in [3.63, 3.8) is 0 Å². The number of thiazole rings is 1. The molecule has 1 aliphatic heterocycles. The first-order chi connectivity index (χ1) is 18.4. The number of nitrogens with zero attached hydrogens (tertiary/aromatic N) is 3. The van der Waals surface area contributed by atoms with Gasteiger partial charge in [0.25, 0.3) is 0 Å². The van der Waals surface area contributed by atoms with Gasteiger partial charge in [-0.2, -0.15) is 0 Å². The van der Waals surface area contributed by atoms with Crippen molar-refractivity contribution in [2.75, 3.05) is 18.0 Å². The van der Waals surface area contributed by atoms with E-state index >= 15 is 0 Å². The van der Waals surface area contributed by atoms with E-state index in [4.69, 9.17) is 37.4 Å². The quantitative estimate of drug-likeness (QED) is 0.250. The van der Waals surface area contributed by atoms with Crippen molar-refractivity contribution in [3.05, 3.63) is 63.3 Å². The summed E-state index contributed by atoms with van der Waals surface area (Å²) in [6.45, 7) is 2.32. The lowest BCUT2D eigenvalue weighted by Gasteiger charge is -2.19. The molecule has 0 spiro atoms. The highest BCUT2D eigenvalue weighted by molar-refractivity contribution is 7.22. The van der Waals surface area contributed by atoms with Crippen LogP contribution < -0.4 is 4.90 Å². The van der Waals surface area contributed by atoms with Crippen LogP contribution in [0.15, 0.2) is 40.9 Å². The van der Waals surface area contributed by atoms with Crippen molar-refractivity contribution in [1.82, 2.24) is 10.1 Å². The first-order valence-electron chi connectivity index (χ1n) is 12.9. The van der Waals surface area contributed by atoms with Crippen molar-refractivity contribution >= 4 is 55.9 Å². The van der Waals surface area contributed by atoms with Crippen molar-refractivity contribution in [3.8, 4) is 11.3 Å². The molecule has 2 unspecified atom stereocenters. The van der Waals surface area contributed by atoms with Crippen LogP contribution in [-0.2, 0) is 11.3 Å². The van der Waals surface area contributed by atoms with Crippen LogP contribution in [0.1, 0.15) is 53.3 Å². The molecule has 3 fully saturated rings. The molecule has 196 valence electrons.